The first-order valence-electron chi connectivity index (χ1n) is 8.26. The molecule has 0 N–H and O–H groups in total. The molecule has 3 rings (SSSR count). The molecule has 4 nitrogen and oxygen atoms in total. The Morgan fingerprint density at radius 1 is 1.12 bits per heavy atom. The van der Waals surface area contributed by atoms with Gasteiger partial charge in [0.2, 0.25) is 0 Å². The van der Waals surface area contributed by atoms with Crippen molar-refractivity contribution in [3.05, 3.63) is 46.4 Å². The third kappa shape index (κ3) is 3.66. The van der Waals surface area contributed by atoms with E-state index in [2.05, 4.69) is 15.9 Å². The first-order chi connectivity index (χ1) is 11.8. The predicted octanol–water partition coefficient (Wildman–Crippen LogP) is 5.42. The molecule has 0 saturated carbocycles. The smallest absolute Gasteiger partial charge is 0.414 e. The van der Waals surface area contributed by atoms with Crippen LogP contribution in [-0.2, 0) is 11.2 Å². The minimum atomic E-state index is -0.531. The summed E-state index contributed by atoms with van der Waals surface area (Å²) < 4.78 is 12.2. The van der Waals surface area contributed by atoms with Gasteiger partial charge in [0.15, 0.2) is 0 Å². The average Bonchev–Trinajstić information content (AvgIpc) is 2.97. The Balaban J connectivity index is 2.11. The van der Waals surface area contributed by atoms with Crippen molar-refractivity contribution in [2.75, 3.05) is 18.6 Å². The Hall–Kier alpha value is -2.01. The minimum Gasteiger partial charge on any atom is -0.496 e. The number of carbonyl (C=O) groups excluding carboxylic acids is 1. The van der Waals surface area contributed by atoms with Crippen LogP contribution in [0.3, 0.4) is 0 Å². The number of benzene rings is 2. The van der Waals surface area contributed by atoms with E-state index >= 15 is 0 Å². The number of amides is 1. The fraction of sp³-hybridized carbons (Fsp3) is 0.350. The van der Waals surface area contributed by atoms with E-state index in [0.29, 0.717) is 6.54 Å². The molecule has 1 aliphatic rings. The number of fused-ring (bicyclic) bond motifs is 1. The van der Waals surface area contributed by atoms with Gasteiger partial charge in [-0.1, -0.05) is 34.1 Å². The number of methoxy groups -OCH3 is 1. The monoisotopic (exact) mass is 403 g/mol. The van der Waals surface area contributed by atoms with Gasteiger partial charge in [-0.05, 0) is 56.5 Å². The molecule has 25 heavy (non-hydrogen) atoms. The molecule has 0 aliphatic carbocycles. The summed E-state index contributed by atoms with van der Waals surface area (Å²) in [6.45, 7) is 6.25. The molecule has 0 unspecified atom stereocenters. The lowest BCUT2D eigenvalue weighted by atomic mass is 9.99. The average molecular weight is 404 g/mol. The van der Waals surface area contributed by atoms with Crippen molar-refractivity contribution in [2.45, 2.75) is 32.8 Å². The van der Waals surface area contributed by atoms with Crippen LogP contribution in [0, 0.1) is 0 Å². The molecule has 0 atom stereocenters. The van der Waals surface area contributed by atoms with Gasteiger partial charge in [0, 0.05) is 16.6 Å². The second-order valence-electron chi connectivity index (χ2n) is 7.04. The van der Waals surface area contributed by atoms with Crippen molar-refractivity contribution in [1.29, 1.82) is 0 Å². The SMILES string of the molecule is COc1ccc2c(c1-c1ccc(Br)cc1)N(C(=O)OC(C)(C)C)CC2. The molecule has 1 aliphatic heterocycles. The van der Waals surface area contributed by atoms with Gasteiger partial charge in [0.1, 0.15) is 11.4 Å². The van der Waals surface area contributed by atoms with Gasteiger partial charge >= 0.3 is 6.09 Å². The van der Waals surface area contributed by atoms with Crippen molar-refractivity contribution >= 4 is 27.7 Å². The lowest BCUT2D eigenvalue weighted by Crippen LogP contribution is -2.36. The van der Waals surface area contributed by atoms with Crippen LogP contribution >= 0.6 is 15.9 Å². The molecule has 0 radical (unpaired) electrons. The van der Waals surface area contributed by atoms with Crippen molar-refractivity contribution in [3.8, 4) is 16.9 Å². The highest BCUT2D eigenvalue weighted by Gasteiger charge is 2.32. The Bertz CT molecular complexity index is 794. The molecular weight excluding hydrogens is 382 g/mol. The molecule has 1 amide bonds. The quantitative estimate of drug-likeness (QED) is 0.671. The highest BCUT2D eigenvalue weighted by Crippen LogP contribution is 2.44. The van der Waals surface area contributed by atoms with Crippen molar-refractivity contribution in [1.82, 2.24) is 0 Å². The number of carbonyl (C=O) groups is 1. The molecule has 5 heteroatoms. The fourth-order valence-corrected chi connectivity index (χ4v) is 3.30. The molecule has 0 bridgehead atoms. The summed E-state index contributed by atoms with van der Waals surface area (Å²) in [5, 5.41) is 0. The standard InChI is InChI=1S/C20H22BrNO3/c1-20(2,3)25-19(23)22-12-11-14-7-10-16(24-4)17(18(14)22)13-5-8-15(21)9-6-13/h5-10H,11-12H2,1-4H3. The third-order valence-corrected chi connectivity index (χ3v) is 4.59. The Morgan fingerprint density at radius 2 is 1.80 bits per heavy atom. The topological polar surface area (TPSA) is 38.8 Å². The first-order valence-corrected chi connectivity index (χ1v) is 9.06. The van der Waals surface area contributed by atoms with Crippen LogP contribution in [0.25, 0.3) is 11.1 Å². The van der Waals surface area contributed by atoms with Gasteiger partial charge in [-0.25, -0.2) is 4.79 Å². The minimum absolute atomic E-state index is 0.321. The van der Waals surface area contributed by atoms with Crippen LogP contribution in [0.15, 0.2) is 40.9 Å². The summed E-state index contributed by atoms with van der Waals surface area (Å²) in [4.78, 5) is 14.4. The van der Waals surface area contributed by atoms with Crippen LogP contribution in [0.1, 0.15) is 26.3 Å². The number of hydrogen-bond acceptors (Lipinski definition) is 3. The zero-order chi connectivity index (χ0) is 18.2. The molecule has 0 saturated heterocycles. The van der Waals surface area contributed by atoms with E-state index in [1.165, 1.54) is 0 Å². The van der Waals surface area contributed by atoms with Crippen molar-refractivity contribution in [3.63, 3.8) is 0 Å². The molecule has 0 fully saturated rings. The van der Waals surface area contributed by atoms with Crippen LogP contribution < -0.4 is 9.64 Å². The van der Waals surface area contributed by atoms with E-state index in [-0.39, 0.29) is 6.09 Å². The number of hydrogen-bond donors (Lipinski definition) is 0. The Morgan fingerprint density at radius 3 is 2.40 bits per heavy atom. The normalized spacial score (nSPS) is 13.6. The first kappa shape index (κ1) is 17.8. The van der Waals surface area contributed by atoms with Gasteiger partial charge in [-0.3, -0.25) is 4.90 Å². The van der Waals surface area contributed by atoms with Crippen LogP contribution in [-0.4, -0.2) is 25.3 Å². The van der Waals surface area contributed by atoms with E-state index in [0.717, 1.165) is 39.0 Å². The molecule has 2 aromatic carbocycles. The summed E-state index contributed by atoms with van der Waals surface area (Å²) in [6, 6.07) is 12.0. The number of rotatable bonds is 2. The zero-order valence-electron chi connectivity index (χ0n) is 14.9. The molecule has 0 aromatic heterocycles. The highest BCUT2D eigenvalue weighted by atomic mass is 79.9. The number of nitrogens with zero attached hydrogens (tertiary/aromatic N) is 1. The number of anilines is 1. The van der Waals surface area contributed by atoms with Gasteiger partial charge in [-0.15, -0.1) is 0 Å². The fourth-order valence-electron chi connectivity index (χ4n) is 3.04. The summed E-state index contributed by atoms with van der Waals surface area (Å²) in [5.74, 6) is 0.747. The molecular formula is C20H22BrNO3. The number of halogens is 1. The summed E-state index contributed by atoms with van der Waals surface area (Å²) in [7, 11) is 1.65. The van der Waals surface area contributed by atoms with E-state index in [1.807, 2.05) is 57.2 Å². The largest absolute Gasteiger partial charge is 0.496 e. The van der Waals surface area contributed by atoms with Crippen LogP contribution in [0.2, 0.25) is 0 Å². The van der Waals surface area contributed by atoms with E-state index in [9.17, 15) is 4.79 Å². The van der Waals surface area contributed by atoms with Crippen LogP contribution in [0.5, 0.6) is 5.75 Å². The maximum Gasteiger partial charge on any atom is 0.414 e. The predicted molar refractivity (Wildman–Crippen MR) is 103 cm³/mol. The maximum absolute atomic E-state index is 12.7. The summed E-state index contributed by atoms with van der Waals surface area (Å²) in [6.07, 6.45) is 0.486. The second kappa shape index (κ2) is 6.71. The second-order valence-corrected chi connectivity index (χ2v) is 7.96. The van der Waals surface area contributed by atoms with Gasteiger partial charge in [0.25, 0.3) is 0 Å². The molecule has 1 heterocycles. The zero-order valence-corrected chi connectivity index (χ0v) is 16.5. The highest BCUT2D eigenvalue weighted by molar-refractivity contribution is 9.10. The van der Waals surface area contributed by atoms with Gasteiger partial charge < -0.3 is 9.47 Å². The van der Waals surface area contributed by atoms with E-state index in [1.54, 1.807) is 12.0 Å². The van der Waals surface area contributed by atoms with Gasteiger partial charge in [0.05, 0.1) is 12.8 Å². The van der Waals surface area contributed by atoms with Gasteiger partial charge in [-0.2, -0.15) is 0 Å². The van der Waals surface area contributed by atoms with Crippen LogP contribution in [0.4, 0.5) is 10.5 Å². The Kier molecular flexibility index (Phi) is 4.78. The van der Waals surface area contributed by atoms with E-state index in [4.69, 9.17) is 9.47 Å². The lowest BCUT2D eigenvalue weighted by molar-refractivity contribution is 0.0584. The summed E-state index contributed by atoms with van der Waals surface area (Å²) in [5.41, 5.74) is 3.42. The summed E-state index contributed by atoms with van der Waals surface area (Å²) >= 11 is 3.47. The maximum atomic E-state index is 12.7. The third-order valence-electron chi connectivity index (χ3n) is 4.06. The van der Waals surface area contributed by atoms with Crippen molar-refractivity contribution in [2.24, 2.45) is 0 Å². The van der Waals surface area contributed by atoms with E-state index < -0.39 is 5.60 Å². The molecule has 2 aromatic rings. The molecule has 132 valence electrons. The molecule has 0 spiro atoms. The number of ether oxygens (including phenoxy) is 2. The lowest BCUT2D eigenvalue weighted by Gasteiger charge is -2.26. The van der Waals surface area contributed by atoms with Crippen molar-refractivity contribution < 1.29 is 14.3 Å². The Labute approximate surface area is 156 Å².